The van der Waals surface area contributed by atoms with Crippen molar-refractivity contribution in [2.45, 2.75) is 34.7 Å². The molecule has 34 heavy (non-hydrogen) atoms. The van der Waals surface area contributed by atoms with Gasteiger partial charge in [-0.2, -0.15) is 17.9 Å². The monoisotopic (exact) mass is 516 g/mol. The molecule has 1 saturated carbocycles. The lowest BCUT2D eigenvalue weighted by Crippen LogP contribution is -2.44. The maximum Gasteiger partial charge on any atom is 0.452 e. The largest absolute Gasteiger partial charge is 0.481 e. The van der Waals surface area contributed by atoms with Crippen molar-refractivity contribution in [1.29, 1.82) is 0 Å². The standard InChI is InChI=1S/C20H15F3N2O7S2/c21-20(22,23)15-8-13(24-32-15)14-4-5-17(33-14)34(30,31)25-19(18(28)29)9-12(19)11-3-1-2-10(6-11)7-16(26)27/h1-6,8,12,25H,7,9H2,(H,26,27)(H,28,29). The summed E-state index contributed by atoms with van der Waals surface area (Å²) < 4.78 is 70.2. The molecular formula is C20H15F3N2O7S2. The van der Waals surface area contributed by atoms with Crippen LogP contribution in [0.3, 0.4) is 0 Å². The molecule has 0 saturated heterocycles. The first kappa shape index (κ1) is 23.9. The second-order valence-electron chi connectivity index (χ2n) is 7.65. The van der Waals surface area contributed by atoms with E-state index in [4.69, 9.17) is 5.11 Å². The normalized spacial score (nSPS) is 20.3. The molecule has 0 spiro atoms. The molecule has 1 aliphatic carbocycles. The molecule has 1 aliphatic rings. The number of benzene rings is 1. The lowest BCUT2D eigenvalue weighted by molar-refractivity contribution is -0.155. The number of carboxylic acid groups (broad SMARTS) is 2. The molecule has 0 aliphatic heterocycles. The Morgan fingerprint density at radius 3 is 2.56 bits per heavy atom. The summed E-state index contributed by atoms with van der Waals surface area (Å²) >= 11 is 0.605. The minimum Gasteiger partial charge on any atom is -0.481 e. The molecule has 180 valence electrons. The van der Waals surface area contributed by atoms with Gasteiger partial charge < -0.3 is 14.7 Å². The number of hydrogen-bond donors (Lipinski definition) is 3. The smallest absolute Gasteiger partial charge is 0.452 e. The van der Waals surface area contributed by atoms with E-state index in [1.165, 1.54) is 12.1 Å². The molecule has 0 amide bonds. The summed E-state index contributed by atoms with van der Waals surface area (Å²) in [5.41, 5.74) is -1.15. The summed E-state index contributed by atoms with van der Waals surface area (Å²) in [6.45, 7) is 0. The molecule has 4 rings (SSSR count). The van der Waals surface area contributed by atoms with Crippen LogP contribution in [0.25, 0.3) is 10.6 Å². The average molecular weight is 516 g/mol. The number of carbonyl (C=O) groups is 2. The van der Waals surface area contributed by atoms with E-state index in [2.05, 4.69) is 14.4 Å². The van der Waals surface area contributed by atoms with Crippen LogP contribution in [0.5, 0.6) is 0 Å². The number of sulfonamides is 1. The van der Waals surface area contributed by atoms with E-state index in [0.29, 0.717) is 28.5 Å². The fourth-order valence-electron chi connectivity index (χ4n) is 3.57. The van der Waals surface area contributed by atoms with Crippen LogP contribution in [0.1, 0.15) is 29.2 Å². The fraction of sp³-hybridized carbons (Fsp3) is 0.250. The van der Waals surface area contributed by atoms with Gasteiger partial charge in [-0.25, -0.2) is 8.42 Å². The number of aromatic nitrogens is 1. The van der Waals surface area contributed by atoms with Crippen LogP contribution in [-0.4, -0.2) is 41.3 Å². The van der Waals surface area contributed by atoms with Gasteiger partial charge >= 0.3 is 18.1 Å². The van der Waals surface area contributed by atoms with E-state index in [0.717, 1.165) is 6.07 Å². The molecule has 3 aromatic rings. The van der Waals surface area contributed by atoms with E-state index in [-0.39, 0.29) is 27.6 Å². The van der Waals surface area contributed by atoms with Gasteiger partial charge in [-0.05, 0) is 29.7 Å². The highest BCUT2D eigenvalue weighted by molar-refractivity contribution is 7.91. The van der Waals surface area contributed by atoms with Crippen molar-refractivity contribution in [1.82, 2.24) is 9.88 Å². The first-order valence-corrected chi connectivity index (χ1v) is 11.8. The molecule has 2 aromatic heterocycles. The zero-order chi connectivity index (χ0) is 24.9. The maximum absolute atomic E-state index is 12.9. The second kappa shape index (κ2) is 8.21. The van der Waals surface area contributed by atoms with Crippen LogP contribution in [0, 0.1) is 0 Å². The Balaban J connectivity index is 1.57. The molecule has 14 heteroatoms. The van der Waals surface area contributed by atoms with Crippen LogP contribution in [-0.2, 0) is 32.2 Å². The summed E-state index contributed by atoms with van der Waals surface area (Å²) in [6.07, 6.45) is -5.09. The average Bonchev–Trinajstić information content (AvgIpc) is 3.10. The zero-order valence-corrected chi connectivity index (χ0v) is 18.5. The predicted molar refractivity (Wildman–Crippen MR) is 111 cm³/mol. The Morgan fingerprint density at radius 2 is 1.94 bits per heavy atom. The highest BCUT2D eigenvalue weighted by Gasteiger charge is 2.63. The van der Waals surface area contributed by atoms with Crippen molar-refractivity contribution in [3.8, 4) is 10.6 Å². The van der Waals surface area contributed by atoms with Gasteiger partial charge in [0.25, 0.3) is 10.0 Å². The topological polar surface area (TPSA) is 147 Å². The van der Waals surface area contributed by atoms with E-state index in [1.807, 2.05) is 0 Å². The molecule has 2 unspecified atom stereocenters. The first-order chi connectivity index (χ1) is 15.8. The van der Waals surface area contributed by atoms with Crippen molar-refractivity contribution in [2.75, 3.05) is 0 Å². The summed E-state index contributed by atoms with van der Waals surface area (Å²) in [7, 11) is -4.37. The Hall–Kier alpha value is -3.23. The lowest BCUT2D eigenvalue weighted by Gasteiger charge is -2.15. The van der Waals surface area contributed by atoms with Crippen LogP contribution in [0.15, 0.2) is 51.2 Å². The summed E-state index contributed by atoms with van der Waals surface area (Å²) in [5.74, 6) is -4.55. The third-order valence-electron chi connectivity index (χ3n) is 5.26. The molecule has 0 bridgehead atoms. The van der Waals surface area contributed by atoms with Crippen LogP contribution in [0.4, 0.5) is 13.2 Å². The van der Waals surface area contributed by atoms with E-state index < -0.39 is 45.4 Å². The number of halogens is 3. The van der Waals surface area contributed by atoms with Gasteiger partial charge in [0.15, 0.2) is 0 Å². The van der Waals surface area contributed by atoms with Gasteiger partial charge in [-0.1, -0.05) is 29.4 Å². The number of carboxylic acids is 2. The zero-order valence-electron chi connectivity index (χ0n) is 16.9. The predicted octanol–water partition coefficient (Wildman–Crippen LogP) is 3.34. The second-order valence-corrected chi connectivity index (χ2v) is 10.6. The van der Waals surface area contributed by atoms with Crippen molar-refractivity contribution in [3.05, 3.63) is 59.4 Å². The fourth-order valence-corrected chi connectivity index (χ4v) is 6.23. The van der Waals surface area contributed by atoms with Crippen LogP contribution < -0.4 is 4.72 Å². The van der Waals surface area contributed by atoms with Crippen molar-refractivity contribution >= 4 is 33.3 Å². The molecule has 3 N–H and O–H groups in total. The molecule has 2 atom stereocenters. The van der Waals surface area contributed by atoms with Gasteiger partial charge in [-0.3, -0.25) is 9.59 Å². The van der Waals surface area contributed by atoms with Gasteiger partial charge in [-0.15, -0.1) is 11.3 Å². The van der Waals surface area contributed by atoms with Crippen LogP contribution in [0.2, 0.25) is 0 Å². The number of nitrogens with zero attached hydrogens (tertiary/aromatic N) is 1. The number of rotatable bonds is 8. The van der Waals surface area contributed by atoms with Gasteiger partial charge in [0.05, 0.1) is 11.3 Å². The van der Waals surface area contributed by atoms with E-state index >= 15 is 0 Å². The summed E-state index contributed by atoms with van der Waals surface area (Å²) in [4.78, 5) is 23.0. The summed E-state index contributed by atoms with van der Waals surface area (Å²) in [5, 5.41) is 22.0. The number of nitrogens with one attached hydrogen (secondary N) is 1. The van der Waals surface area contributed by atoms with Crippen molar-refractivity contribution in [3.63, 3.8) is 0 Å². The lowest BCUT2D eigenvalue weighted by atomic mass is 10.0. The molecular weight excluding hydrogens is 501 g/mol. The Kier molecular flexibility index (Phi) is 5.78. The van der Waals surface area contributed by atoms with E-state index in [9.17, 15) is 36.3 Å². The highest BCUT2D eigenvalue weighted by Crippen LogP contribution is 2.53. The molecule has 1 fully saturated rings. The number of alkyl halides is 3. The number of thiophene rings is 1. The van der Waals surface area contributed by atoms with Crippen molar-refractivity contribution in [2.24, 2.45) is 0 Å². The minimum absolute atomic E-state index is 0.0610. The quantitative estimate of drug-likeness (QED) is 0.413. The molecule has 0 radical (unpaired) electrons. The van der Waals surface area contributed by atoms with Gasteiger partial charge in [0, 0.05) is 12.0 Å². The third kappa shape index (κ3) is 4.56. The molecule has 1 aromatic carbocycles. The third-order valence-corrected chi connectivity index (χ3v) is 8.37. The number of aliphatic carboxylic acids is 2. The first-order valence-electron chi connectivity index (χ1n) is 9.54. The highest BCUT2D eigenvalue weighted by atomic mass is 32.2. The van der Waals surface area contributed by atoms with Crippen molar-refractivity contribution < 1.29 is 45.9 Å². The van der Waals surface area contributed by atoms with E-state index in [1.54, 1.807) is 18.2 Å². The van der Waals surface area contributed by atoms with Gasteiger partial charge in [0.2, 0.25) is 5.76 Å². The Labute approximate surface area is 193 Å². The van der Waals surface area contributed by atoms with Crippen LogP contribution >= 0.6 is 11.3 Å². The number of hydrogen-bond acceptors (Lipinski definition) is 7. The minimum atomic E-state index is -4.75. The summed E-state index contributed by atoms with van der Waals surface area (Å²) in [6, 6.07) is 9.23. The van der Waals surface area contributed by atoms with Gasteiger partial charge in [0.1, 0.15) is 15.4 Å². The Bertz CT molecular complexity index is 1380. The molecule has 9 nitrogen and oxygen atoms in total. The maximum atomic E-state index is 12.9. The Morgan fingerprint density at radius 1 is 1.21 bits per heavy atom. The molecule has 2 heterocycles. The SMILES string of the molecule is O=C(O)Cc1cccc(C2CC2(NS(=O)(=O)c2ccc(-c3cc(C(F)(F)F)on3)s2)C(=O)O)c1.